The first-order valence-corrected chi connectivity index (χ1v) is 10.8. The molecule has 0 fully saturated rings. The highest BCUT2D eigenvalue weighted by atomic mass is 127. The molecule has 1 aromatic carbocycles. The fourth-order valence-corrected chi connectivity index (χ4v) is 6.75. The van der Waals surface area contributed by atoms with E-state index >= 15 is 0 Å². The lowest BCUT2D eigenvalue weighted by Crippen LogP contribution is -2.38. The Hall–Kier alpha value is -0.550. The third-order valence-electron chi connectivity index (χ3n) is 4.66. The van der Waals surface area contributed by atoms with Crippen LogP contribution in [0.25, 0.3) is 0 Å². The van der Waals surface area contributed by atoms with Gasteiger partial charge in [0.05, 0.1) is 9.13 Å². The molecule has 0 radical (unpaired) electrons. The van der Waals surface area contributed by atoms with Gasteiger partial charge in [0.2, 0.25) is 0 Å². The van der Waals surface area contributed by atoms with E-state index in [-0.39, 0.29) is 11.7 Å². The summed E-state index contributed by atoms with van der Waals surface area (Å²) in [5.41, 5.74) is 2.75. The largest absolute Gasteiger partial charge is 0.506 e. The van der Waals surface area contributed by atoms with Gasteiger partial charge < -0.3 is 15.7 Å². The van der Waals surface area contributed by atoms with E-state index in [1.165, 1.54) is 10.4 Å². The van der Waals surface area contributed by atoms with Crippen molar-refractivity contribution in [2.45, 2.75) is 32.4 Å². The molecule has 1 aliphatic heterocycles. The second-order valence-corrected chi connectivity index (χ2v) is 9.95. The highest BCUT2D eigenvalue weighted by Gasteiger charge is 2.34. The maximum atomic E-state index is 12.7. The summed E-state index contributed by atoms with van der Waals surface area (Å²) in [5, 5.41) is 17.8. The molecule has 2 aromatic rings. The van der Waals surface area contributed by atoms with Gasteiger partial charge in [0, 0.05) is 14.0 Å². The number of carbonyl (C=O) groups is 1. The number of amides is 1. The Labute approximate surface area is 171 Å². The van der Waals surface area contributed by atoms with Crippen molar-refractivity contribution in [2.75, 3.05) is 5.32 Å². The maximum absolute atomic E-state index is 12.7. The molecule has 0 bridgehead atoms. The second-order valence-electron chi connectivity index (χ2n) is 6.43. The molecule has 0 saturated heterocycles. The minimum atomic E-state index is -0.397. The van der Waals surface area contributed by atoms with Gasteiger partial charge in [-0.3, -0.25) is 4.79 Å². The van der Waals surface area contributed by atoms with Gasteiger partial charge in [0.1, 0.15) is 16.9 Å². The van der Waals surface area contributed by atoms with Crippen molar-refractivity contribution in [2.24, 2.45) is 5.92 Å². The zero-order chi connectivity index (χ0) is 17.0. The van der Waals surface area contributed by atoms with Crippen LogP contribution < -0.4 is 10.6 Å². The number of nitrogens with one attached hydrogen (secondary N) is 2. The molecule has 7 heteroatoms. The standard InChI is InChI=1S/C17H16I2N2O2S/c1-7-2-3-9-12(4-7)24-17-13(9)16(23)20-15(21-17)10-5-8(18)6-11(19)14(10)22/h5-7,15,21-22H,2-4H2,1H3,(H,20,23)/t7-,15+/m1/s1. The summed E-state index contributed by atoms with van der Waals surface area (Å²) in [6.45, 7) is 2.27. The minimum Gasteiger partial charge on any atom is -0.506 e. The maximum Gasteiger partial charge on any atom is 0.256 e. The van der Waals surface area contributed by atoms with Crippen molar-refractivity contribution >= 4 is 67.4 Å². The van der Waals surface area contributed by atoms with Crippen LogP contribution in [0.4, 0.5) is 5.00 Å². The van der Waals surface area contributed by atoms with Crippen LogP contribution in [0.5, 0.6) is 5.75 Å². The number of aromatic hydroxyl groups is 1. The highest BCUT2D eigenvalue weighted by Crippen LogP contribution is 2.43. The molecule has 3 N–H and O–H groups in total. The van der Waals surface area contributed by atoms with E-state index in [9.17, 15) is 9.90 Å². The monoisotopic (exact) mass is 566 g/mol. The fourth-order valence-electron chi connectivity index (χ4n) is 3.42. The zero-order valence-electron chi connectivity index (χ0n) is 13.0. The zero-order valence-corrected chi connectivity index (χ0v) is 18.1. The Morgan fingerprint density at radius 3 is 2.88 bits per heavy atom. The average Bonchev–Trinajstić information content (AvgIpc) is 2.88. The van der Waals surface area contributed by atoms with Gasteiger partial charge in [0.25, 0.3) is 5.91 Å². The molecular weight excluding hydrogens is 550 g/mol. The summed E-state index contributed by atoms with van der Waals surface area (Å²) in [6, 6.07) is 3.83. The lowest BCUT2D eigenvalue weighted by atomic mass is 9.88. The van der Waals surface area contributed by atoms with E-state index in [2.05, 4.69) is 62.7 Å². The predicted molar refractivity (Wildman–Crippen MR) is 113 cm³/mol. The Morgan fingerprint density at radius 1 is 1.29 bits per heavy atom. The van der Waals surface area contributed by atoms with E-state index in [1.54, 1.807) is 11.3 Å². The molecule has 2 aliphatic rings. The third-order valence-corrected chi connectivity index (χ3v) is 7.29. The second kappa shape index (κ2) is 6.31. The Morgan fingerprint density at radius 2 is 2.08 bits per heavy atom. The molecule has 24 heavy (non-hydrogen) atoms. The Balaban J connectivity index is 1.74. The van der Waals surface area contributed by atoms with E-state index in [1.807, 2.05) is 12.1 Å². The van der Waals surface area contributed by atoms with Crippen LogP contribution in [-0.4, -0.2) is 11.0 Å². The van der Waals surface area contributed by atoms with Crippen LogP contribution in [0.15, 0.2) is 12.1 Å². The average molecular weight is 566 g/mol. The number of carbonyl (C=O) groups excluding carboxylic acids is 1. The number of benzene rings is 1. The number of anilines is 1. The summed E-state index contributed by atoms with van der Waals surface area (Å²) in [7, 11) is 0. The summed E-state index contributed by atoms with van der Waals surface area (Å²) in [4.78, 5) is 14.1. The number of rotatable bonds is 1. The number of hydrogen-bond donors (Lipinski definition) is 3. The van der Waals surface area contributed by atoms with Gasteiger partial charge in [-0.15, -0.1) is 11.3 Å². The van der Waals surface area contributed by atoms with Crippen LogP contribution in [0.2, 0.25) is 0 Å². The number of fused-ring (bicyclic) bond motifs is 3. The van der Waals surface area contributed by atoms with Crippen molar-refractivity contribution in [3.8, 4) is 5.75 Å². The smallest absolute Gasteiger partial charge is 0.256 e. The SMILES string of the molecule is C[C@@H]1CCc2c(sc3c2C(=O)N[C@H](c2cc(I)cc(I)c2O)N3)C1. The first-order chi connectivity index (χ1) is 11.4. The molecule has 0 unspecified atom stereocenters. The van der Waals surface area contributed by atoms with Gasteiger partial charge in [-0.2, -0.15) is 0 Å². The van der Waals surface area contributed by atoms with Crippen LogP contribution >= 0.6 is 56.5 Å². The van der Waals surface area contributed by atoms with Crippen LogP contribution in [-0.2, 0) is 12.8 Å². The highest BCUT2D eigenvalue weighted by molar-refractivity contribution is 14.1. The fraction of sp³-hybridized carbons (Fsp3) is 0.353. The van der Waals surface area contributed by atoms with Crippen molar-refractivity contribution in [3.05, 3.63) is 40.8 Å². The number of hydrogen-bond acceptors (Lipinski definition) is 4. The molecule has 1 aromatic heterocycles. The lowest BCUT2D eigenvalue weighted by Gasteiger charge is -2.28. The number of thiophene rings is 1. The lowest BCUT2D eigenvalue weighted by molar-refractivity contribution is 0.0935. The molecule has 0 spiro atoms. The summed E-state index contributed by atoms with van der Waals surface area (Å²) in [6.07, 6.45) is 2.78. The van der Waals surface area contributed by atoms with Gasteiger partial charge in [-0.1, -0.05) is 6.92 Å². The predicted octanol–water partition coefficient (Wildman–Crippen LogP) is 4.64. The topological polar surface area (TPSA) is 61.4 Å². The first-order valence-electron chi connectivity index (χ1n) is 7.84. The van der Waals surface area contributed by atoms with Crippen molar-refractivity contribution in [3.63, 3.8) is 0 Å². The summed E-state index contributed by atoms with van der Waals surface area (Å²) >= 11 is 6.04. The number of phenols is 1. The molecule has 0 saturated carbocycles. The van der Waals surface area contributed by atoms with Crippen LogP contribution in [0.3, 0.4) is 0 Å². The van der Waals surface area contributed by atoms with Crippen molar-refractivity contribution in [1.29, 1.82) is 0 Å². The van der Waals surface area contributed by atoms with E-state index in [0.29, 0.717) is 11.5 Å². The molecule has 4 rings (SSSR count). The summed E-state index contributed by atoms with van der Waals surface area (Å²) < 4.78 is 1.82. The molecule has 4 nitrogen and oxygen atoms in total. The molecule has 126 valence electrons. The van der Waals surface area contributed by atoms with Gasteiger partial charge >= 0.3 is 0 Å². The third kappa shape index (κ3) is 2.82. The summed E-state index contributed by atoms with van der Waals surface area (Å²) in [5.74, 6) is 0.874. The first kappa shape index (κ1) is 16.9. The molecule has 1 amide bonds. The van der Waals surface area contributed by atoms with Crippen molar-refractivity contribution < 1.29 is 9.90 Å². The van der Waals surface area contributed by atoms with E-state index < -0.39 is 6.17 Å². The number of halogens is 2. The minimum absolute atomic E-state index is 0.0333. The van der Waals surface area contributed by atoms with Gasteiger partial charge in [-0.05, 0) is 88.1 Å². The Bertz CT molecular complexity index is 850. The molecular formula is C17H16I2N2O2S. The van der Waals surface area contributed by atoms with E-state index in [0.717, 1.165) is 37.0 Å². The van der Waals surface area contributed by atoms with Crippen LogP contribution in [0.1, 0.15) is 45.9 Å². The normalized spacial score (nSPS) is 22.4. The van der Waals surface area contributed by atoms with Gasteiger partial charge in [0.15, 0.2) is 0 Å². The Kier molecular flexibility index (Phi) is 4.44. The van der Waals surface area contributed by atoms with Gasteiger partial charge in [-0.25, -0.2) is 0 Å². The quantitative estimate of drug-likeness (QED) is 0.441. The van der Waals surface area contributed by atoms with Crippen molar-refractivity contribution in [1.82, 2.24) is 5.32 Å². The molecule has 2 atom stereocenters. The molecule has 1 aliphatic carbocycles. The molecule has 2 heterocycles. The van der Waals surface area contributed by atoms with E-state index in [4.69, 9.17) is 0 Å². The van der Waals surface area contributed by atoms with Crippen LogP contribution in [0, 0.1) is 13.1 Å². The number of phenolic OH excluding ortho intramolecular Hbond substituents is 1.